The van der Waals surface area contributed by atoms with Gasteiger partial charge in [-0.05, 0) is 24.8 Å². The maximum absolute atomic E-state index is 12.4. The molecule has 1 N–H and O–H groups in total. The van der Waals surface area contributed by atoms with Gasteiger partial charge in [-0.2, -0.15) is 0 Å². The minimum atomic E-state index is -0.410. The number of carbonyl (C=O) groups is 2. The molecule has 0 bridgehead atoms. The Labute approximate surface area is 125 Å². The van der Waals surface area contributed by atoms with Crippen molar-refractivity contribution in [2.24, 2.45) is 5.41 Å². The van der Waals surface area contributed by atoms with E-state index in [1.165, 1.54) is 18.7 Å². The van der Waals surface area contributed by atoms with Gasteiger partial charge in [0.15, 0.2) is 0 Å². The average Bonchev–Trinajstić information content (AvgIpc) is 2.48. The molecular weight excluding hydrogens is 266 g/mol. The molecule has 1 amide bonds. The molecule has 0 aromatic heterocycles. The Balaban J connectivity index is 1.89. The number of hydrogen-bond acceptors (Lipinski definition) is 3. The zero-order valence-electron chi connectivity index (χ0n) is 12.3. The molecule has 1 saturated carbocycles. The largest absolute Gasteiger partial charge is 0.466 e. The van der Waals surface area contributed by atoms with Gasteiger partial charge in [0.1, 0.15) is 0 Å². The molecule has 1 aromatic rings. The summed E-state index contributed by atoms with van der Waals surface area (Å²) in [6.07, 6.45) is 6.66. The number of benzene rings is 1. The predicted octanol–water partition coefficient (Wildman–Crippen LogP) is 2.24. The minimum Gasteiger partial charge on any atom is -0.466 e. The number of methoxy groups -OCH3 is 1. The van der Waals surface area contributed by atoms with Gasteiger partial charge in [-0.15, -0.1) is 0 Å². The third-order valence-corrected chi connectivity index (χ3v) is 4.01. The van der Waals surface area contributed by atoms with Gasteiger partial charge in [-0.1, -0.05) is 42.8 Å². The molecule has 0 saturated heterocycles. The summed E-state index contributed by atoms with van der Waals surface area (Å²) in [4.78, 5) is 23.3. The van der Waals surface area contributed by atoms with Crippen LogP contribution in [-0.4, -0.2) is 25.5 Å². The topological polar surface area (TPSA) is 55.4 Å². The number of rotatable bonds is 6. The van der Waals surface area contributed by atoms with E-state index in [9.17, 15) is 9.59 Å². The van der Waals surface area contributed by atoms with Crippen LogP contribution in [0.3, 0.4) is 0 Å². The van der Waals surface area contributed by atoms with Crippen molar-refractivity contribution in [2.75, 3.05) is 13.7 Å². The first-order valence-electron chi connectivity index (χ1n) is 7.23. The fourth-order valence-corrected chi connectivity index (χ4v) is 2.64. The third kappa shape index (κ3) is 3.94. The molecule has 2 rings (SSSR count). The van der Waals surface area contributed by atoms with Crippen molar-refractivity contribution in [3.05, 3.63) is 48.0 Å². The molecule has 1 aromatic carbocycles. The zero-order valence-corrected chi connectivity index (χ0v) is 12.3. The molecule has 4 heteroatoms. The lowest BCUT2D eigenvalue weighted by Crippen LogP contribution is -2.47. The highest BCUT2D eigenvalue weighted by Crippen LogP contribution is 2.43. The van der Waals surface area contributed by atoms with Gasteiger partial charge >= 0.3 is 5.97 Å². The standard InChI is InChI=1S/C17H21NO3/c1-21-15(19)9-5-12-18-16(20)17(10-6-11-17)13-14-7-3-2-4-8-14/h2-5,7-9H,6,10-13H2,1H3,(H,18,20)/b9-5+. The van der Waals surface area contributed by atoms with Gasteiger partial charge in [0.2, 0.25) is 5.91 Å². The van der Waals surface area contributed by atoms with Crippen LogP contribution in [0.5, 0.6) is 0 Å². The van der Waals surface area contributed by atoms with Crippen molar-refractivity contribution >= 4 is 11.9 Å². The van der Waals surface area contributed by atoms with Gasteiger partial charge < -0.3 is 10.1 Å². The van der Waals surface area contributed by atoms with Crippen LogP contribution >= 0.6 is 0 Å². The summed E-state index contributed by atoms with van der Waals surface area (Å²) in [5, 5.41) is 2.89. The van der Waals surface area contributed by atoms with Gasteiger partial charge in [-0.3, -0.25) is 4.79 Å². The molecule has 1 aliphatic carbocycles. The number of nitrogens with one attached hydrogen (secondary N) is 1. The Morgan fingerprint density at radius 3 is 2.57 bits per heavy atom. The smallest absolute Gasteiger partial charge is 0.330 e. The molecule has 21 heavy (non-hydrogen) atoms. The van der Waals surface area contributed by atoms with Crippen LogP contribution in [0.15, 0.2) is 42.5 Å². The molecule has 112 valence electrons. The lowest BCUT2D eigenvalue weighted by molar-refractivity contribution is -0.136. The van der Waals surface area contributed by atoms with Gasteiger partial charge in [0.25, 0.3) is 0 Å². The van der Waals surface area contributed by atoms with Crippen molar-refractivity contribution in [1.82, 2.24) is 5.32 Å². The maximum atomic E-state index is 12.4. The normalized spacial score (nSPS) is 16.2. The molecule has 4 nitrogen and oxygen atoms in total. The molecule has 1 aliphatic rings. The van der Waals surface area contributed by atoms with Gasteiger partial charge in [0, 0.05) is 12.6 Å². The summed E-state index contributed by atoms with van der Waals surface area (Å²) in [5.74, 6) is -0.334. The van der Waals surface area contributed by atoms with Crippen LogP contribution in [0.1, 0.15) is 24.8 Å². The average molecular weight is 287 g/mol. The Kier molecular flexibility index (Phi) is 5.14. The van der Waals surface area contributed by atoms with E-state index in [-0.39, 0.29) is 11.3 Å². The van der Waals surface area contributed by atoms with E-state index in [1.54, 1.807) is 6.08 Å². The van der Waals surface area contributed by atoms with Crippen molar-refractivity contribution in [2.45, 2.75) is 25.7 Å². The van der Waals surface area contributed by atoms with Gasteiger partial charge in [-0.25, -0.2) is 4.79 Å². The number of carbonyl (C=O) groups excluding carboxylic acids is 2. The van der Waals surface area contributed by atoms with Gasteiger partial charge in [0.05, 0.1) is 12.5 Å². The van der Waals surface area contributed by atoms with E-state index < -0.39 is 5.97 Å². The third-order valence-electron chi connectivity index (χ3n) is 4.01. The summed E-state index contributed by atoms with van der Waals surface area (Å²) in [7, 11) is 1.33. The number of hydrogen-bond donors (Lipinski definition) is 1. The second kappa shape index (κ2) is 7.07. The van der Waals surface area contributed by atoms with E-state index in [0.717, 1.165) is 25.7 Å². The fourth-order valence-electron chi connectivity index (χ4n) is 2.64. The zero-order chi connectivity index (χ0) is 15.1. The number of esters is 1. The number of ether oxygens (including phenoxy) is 1. The summed E-state index contributed by atoms with van der Waals surface area (Å²) in [6, 6.07) is 10.1. The molecule has 0 radical (unpaired) electrons. The Hall–Kier alpha value is -2.10. The van der Waals surface area contributed by atoms with Crippen molar-refractivity contribution in [1.29, 1.82) is 0 Å². The molecule has 1 fully saturated rings. The predicted molar refractivity (Wildman–Crippen MR) is 80.6 cm³/mol. The highest BCUT2D eigenvalue weighted by atomic mass is 16.5. The first kappa shape index (κ1) is 15.3. The highest BCUT2D eigenvalue weighted by molar-refractivity contribution is 5.84. The summed E-state index contributed by atoms with van der Waals surface area (Å²) in [5.41, 5.74) is 0.915. The second-order valence-electron chi connectivity index (χ2n) is 5.43. The van der Waals surface area contributed by atoms with Crippen LogP contribution in [-0.2, 0) is 20.7 Å². The Morgan fingerprint density at radius 2 is 2.00 bits per heavy atom. The molecule has 0 unspecified atom stereocenters. The molecular formula is C17H21NO3. The van der Waals surface area contributed by atoms with Crippen LogP contribution in [0.4, 0.5) is 0 Å². The van der Waals surface area contributed by atoms with Crippen molar-refractivity contribution < 1.29 is 14.3 Å². The van der Waals surface area contributed by atoms with Crippen LogP contribution in [0.2, 0.25) is 0 Å². The van der Waals surface area contributed by atoms with E-state index >= 15 is 0 Å². The molecule has 0 spiro atoms. The van der Waals surface area contributed by atoms with Crippen LogP contribution in [0, 0.1) is 5.41 Å². The van der Waals surface area contributed by atoms with Crippen molar-refractivity contribution in [3.63, 3.8) is 0 Å². The maximum Gasteiger partial charge on any atom is 0.330 e. The second-order valence-corrected chi connectivity index (χ2v) is 5.43. The molecule has 0 atom stereocenters. The molecule has 0 heterocycles. The van der Waals surface area contributed by atoms with Crippen LogP contribution < -0.4 is 5.32 Å². The first-order chi connectivity index (χ1) is 10.2. The minimum absolute atomic E-state index is 0.0760. The van der Waals surface area contributed by atoms with E-state index in [1.807, 2.05) is 18.2 Å². The Bertz CT molecular complexity index is 518. The quantitative estimate of drug-likeness (QED) is 0.645. The van der Waals surface area contributed by atoms with E-state index in [2.05, 4.69) is 22.2 Å². The summed E-state index contributed by atoms with van der Waals surface area (Å²) < 4.78 is 4.50. The van der Waals surface area contributed by atoms with E-state index in [4.69, 9.17) is 0 Å². The summed E-state index contributed by atoms with van der Waals surface area (Å²) >= 11 is 0. The lowest BCUT2D eigenvalue weighted by atomic mass is 9.64. The highest BCUT2D eigenvalue weighted by Gasteiger charge is 2.43. The molecule has 0 aliphatic heterocycles. The van der Waals surface area contributed by atoms with Crippen molar-refractivity contribution in [3.8, 4) is 0 Å². The Morgan fingerprint density at radius 1 is 1.29 bits per heavy atom. The first-order valence-corrected chi connectivity index (χ1v) is 7.23. The lowest BCUT2D eigenvalue weighted by Gasteiger charge is -2.40. The van der Waals surface area contributed by atoms with E-state index in [0.29, 0.717) is 6.54 Å². The SMILES string of the molecule is COC(=O)/C=C/CNC(=O)C1(Cc2ccccc2)CCC1. The summed E-state index contributed by atoms with van der Waals surface area (Å²) in [6.45, 7) is 0.352. The fraction of sp³-hybridized carbons (Fsp3) is 0.412. The monoisotopic (exact) mass is 287 g/mol. The number of amides is 1. The van der Waals surface area contributed by atoms with Crippen LogP contribution in [0.25, 0.3) is 0 Å².